The van der Waals surface area contributed by atoms with Crippen LogP contribution in [0.2, 0.25) is 39.3 Å². The zero-order valence-corrected chi connectivity index (χ0v) is 21.7. The summed E-state index contributed by atoms with van der Waals surface area (Å²) in [5, 5.41) is 3.75. The van der Waals surface area contributed by atoms with Crippen LogP contribution >= 0.6 is 22.7 Å². The lowest BCUT2D eigenvalue weighted by Gasteiger charge is -2.09. The van der Waals surface area contributed by atoms with Gasteiger partial charge in [-0.15, -0.1) is 33.8 Å². The van der Waals surface area contributed by atoms with Crippen LogP contribution in [0.25, 0.3) is 22.3 Å². The van der Waals surface area contributed by atoms with Crippen molar-refractivity contribution in [1.82, 2.24) is 0 Å². The summed E-state index contributed by atoms with van der Waals surface area (Å²) >= 11 is 2.92. The van der Waals surface area contributed by atoms with Gasteiger partial charge in [-0.25, -0.2) is 8.78 Å². The third kappa shape index (κ3) is 5.39. The van der Waals surface area contributed by atoms with Crippen molar-refractivity contribution in [3.63, 3.8) is 0 Å². The maximum absolute atomic E-state index is 15.1. The van der Waals surface area contributed by atoms with Crippen molar-refractivity contribution in [3.8, 4) is 45.2 Å². The Morgan fingerprint density at radius 1 is 0.600 bits per heavy atom. The van der Waals surface area contributed by atoms with E-state index in [0.29, 0.717) is 11.1 Å². The van der Waals surface area contributed by atoms with Crippen LogP contribution in [0.1, 0.15) is 9.75 Å². The van der Waals surface area contributed by atoms with Gasteiger partial charge in [0.2, 0.25) is 0 Å². The molecule has 1 aromatic carbocycles. The second kappa shape index (κ2) is 8.65. The first-order valence-corrected chi connectivity index (χ1v) is 18.4. The summed E-state index contributed by atoms with van der Waals surface area (Å²) in [4.78, 5) is 1.56. The molecule has 0 saturated carbocycles. The average molecular weight is 471 g/mol. The number of benzene rings is 1. The molecule has 3 aromatic rings. The van der Waals surface area contributed by atoms with Gasteiger partial charge in [-0.3, -0.25) is 0 Å². The second-order valence-electron chi connectivity index (χ2n) is 9.12. The van der Waals surface area contributed by atoms with Crippen molar-refractivity contribution >= 4 is 38.8 Å². The Kier molecular flexibility index (Phi) is 6.55. The molecule has 0 bridgehead atoms. The molecular formula is C24H24F2S2Si2. The monoisotopic (exact) mass is 470 g/mol. The molecule has 0 N–H and O–H groups in total. The van der Waals surface area contributed by atoms with Crippen LogP contribution in [0, 0.1) is 34.6 Å². The van der Waals surface area contributed by atoms with E-state index in [0.717, 1.165) is 9.75 Å². The smallest absolute Gasteiger partial charge is 0.167 e. The predicted octanol–water partition coefficient (Wildman–Crippen LogP) is 7.88. The molecule has 0 aliphatic heterocycles. The molecule has 6 heteroatoms. The van der Waals surface area contributed by atoms with Crippen LogP contribution in [0.3, 0.4) is 0 Å². The van der Waals surface area contributed by atoms with Gasteiger partial charge in [-0.2, -0.15) is 0 Å². The lowest BCUT2D eigenvalue weighted by molar-refractivity contribution is 0.514. The Morgan fingerprint density at radius 3 is 1.30 bits per heavy atom. The van der Waals surface area contributed by atoms with Crippen LogP contribution in [0.15, 0.2) is 35.0 Å². The van der Waals surface area contributed by atoms with Crippen LogP contribution in [0.4, 0.5) is 8.78 Å². The first-order valence-electron chi connectivity index (χ1n) is 9.66. The number of rotatable bonds is 2. The van der Waals surface area contributed by atoms with Crippen LogP contribution in [-0.2, 0) is 0 Å². The minimum absolute atomic E-state index is 0.252. The lowest BCUT2D eigenvalue weighted by atomic mass is 9.99. The highest BCUT2D eigenvalue weighted by molar-refractivity contribution is 7.11. The molecule has 2 heterocycles. The largest absolute Gasteiger partial charge is 0.203 e. The molecule has 30 heavy (non-hydrogen) atoms. The third-order valence-electron chi connectivity index (χ3n) is 4.10. The average Bonchev–Trinajstić information content (AvgIpc) is 3.28. The molecule has 0 unspecified atom stereocenters. The van der Waals surface area contributed by atoms with E-state index in [2.05, 4.69) is 62.2 Å². The molecule has 0 saturated heterocycles. The zero-order chi connectivity index (χ0) is 22.1. The Morgan fingerprint density at radius 2 is 0.967 bits per heavy atom. The van der Waals surface area contributed by atoms with Gasteiger partial charge in [0.25, 0.3) is 0 Å². The van der Waals surface area contributed by atoms with Crippen molar-refractivity contribution in [2.45, 2.75) is 39.3 Å². The van der Waals surface area contributed by atoms with E-state index in [4.69, 9.17) is 0 Å². The quantitative estimate of drug-likeness (QED) is 0.264. The fourth-order valence-electron chi connectivity index (χ4n) is 2.69. The molecule has 0 aliphatic carbocycles. The van der Waals surface area contributed by atoms with E-state index in [1.165, 1.54) is 22.7 Å². The zero-order valence-electron chi connectivity index (χ0n) is 18.0. The molecule has 0 aliphatic rings. The van der Waals surface area contributed by atoms with Gasteiger partial charge in [0.15, 0.2) is 11.6 Å². The number of hydrogen-bond donors (Lipinski definition) is 0. The van der Waals surface area contributed by atoms with Crippen LogP contribution < -0.4 is 0 Å². The lowest BCUT2D eigenvalue weighted by Crippen LogP contribution is -2.16. The fourth-order valence-corrected chi connectivity index (χ4v) is 5.38. The standard InChI is InChI=1S/C24H24F2S2Si2/c1-29(2,3)15-11-21-17(9-13-27-21)19-7-8-20(24(26)23(19)25)18-10-14-28-22(18)12-16-30(4,5)6/h7-10,13-14H,1-6H3. The molecule has 0 spiro atoms. The molecule has 2 aromatic heterocycles. The summed E-state index contributed by atoms with van der Waals surface area (Å²) in [5.74, 6) is 4.71. The van der Waals surface area contributed by atoms with E-state index in [-0.39, 0.29) is 11.1 Å². The van der Waals surface area contributed by atoms with E-state index in [1.54, 1.807) is 12.1 Å². The first-order chi connectivity index (χ1) is 14.0. The number of hydrogen-bond acceptors (Lipinski definition) is 2. The van der Waals surface area contributed by atoms with E-state index >= 15 is 8.78 Å². The summed E-state index contributed by atoms with van der Waals surface area (Å²) in [6.45, 7) is 13.0. The summed E-state index contributed by atoms with van der Waals surface area (Å²) in [6.07, 6.45) is 0. The summed E-state index contributed by atoms with van der Waals surface area (Å²) in [5.41, 5.74) is 8.42. The molecule has 0 fully saturated rings. The number of thiophene rings is 2. The third-order valence-corrected chi connectivity index (χ3v) is 7.50. The highest BCUT2D eigenvalue weighted by Gasteiger charge is 2.20. The van der Waals surface area contributed by atoms with Crippen molar-refractivity contribution in [2.24, 2.45) is 0 Å². The molecule has 3 rings (SSSR count). The Labute approximate surface area is 188 Å². The van der Waals surface area contributed by atoms with Crippen molar-refractivity contribution in [3.05, 3.63) is 56.4 Å². The second-order valence-corrected chi connectivity index (χ2v) is 20.4. The molecule has 154 valence electrons. The maximum Gasteiger partial charge on any atom is 0.167 e. The topological polar surface area (TPSA) is 0 Å². The van der Waals surface area contributed by atoms with Crippen molar-refractivity contribution in [1.29, 1.82) is 0 Å². The van der Waals surface area contributed by atoms with Gasteiger partial charge < -0.3 is 0 Å². The molecule has 0 radical (unpaired) electrons. The number of halogens is 2. The van der Waals surface area contributed by atoms with Gasteiger partial charge in [0.05, 0.1) is 9.75 Å². The van der Waals surface area contributed by atoms with Crippen molar-refractivity contribution < 1.29 is 8.78 Å². The van der Waals surface area contributed by atoms with Gasteiger partial charge in [-0.1, -0.05) is 63.3 Å². The first kappa shape index (κ1) is 22.7. The van der Waals surface area contributed by atoms with Gasteiger partial charge >= 0.3 is 0 Å². The molecule has 0 atom stereocenters. The summed E-state index contributed by atoms with van der Waals surface area (Å²) < 4.78 is 30.3. The fraction of sp³-hybridized carbons (Fsp3) is 0.250. The van der Waals surface area contributed by atoms with E-state index in [1.807, 2.05) is 22.9 Å². The molecule has 0 nitrogen and oxygen atoms in total. The Hall–Kier alpha value is -1.97. The summed E-state index contributed by atoms with van der Waals surface area (Å²) in [6, 6.07) is 6.93. The highest BCUT2D eigenvalue weighted by atomic mass is 32.1. The van der Waals surface area contributed by atoms with Gasteiger partial charge in [0.1, 0.15) is 16.1 Å². The summed E-state index contributed by atoms with van der Waals surface area (Å²) in [7, 11) is -3.13. The van der Waals surface area contributed by atoms with Crippen LogP contribution in [0.5, 0.6) is 0 Å². The molecule has 0 amide bonds. The normalized spacial score (nSPS) is 11.5. The van der Waals surface area contributed by atoms with Gasteiger partial charge in [-0.05, 0) is 22.9 Å². The predicted molar refractivity (Wildman–Crippen MR) is 133 cm³/mol. The SMILES string of the molecule is C[Si](C)(C)C#Cc1sccc1-c1ccc(-c2ccsc2C#C[Si](C)(C)C)c(F)c1F. The van der Waals surface area contributed by atoms with Crippen LogP contribution in [-0.4, -0.2) is 16.1 Å². The van der Waals surface area contributed by atoms with E-state index < -0.39 is 27.8 Å². The van der Waals surface area contributed by atoms with E-state index in [9.17, 15) is 0 Å². The maximum atomic E-state index is 15.1. The molecular weight excluding hydrogens is 447 g/mol. The Balaban J connectivity index is 2.06. The van der Waals surface area contributed by atoms with Crippen molar-refractivity contribution in [2.75, 3.05) is 0 Å². The Bertz CT molecular complexity index is 1110. The minimum atomic E-state index is -1.57. The van der Waals surface area contributed by atoms with Gasteiger partial charge in [0, 0.05) is 22.3 Å². The minimum Gasteiger partial charge on any atom is -0.203 e. The highest BCUT2D eigenvalue weighted by Crippen LogP contribution is 2.36.